The standard InChI is InChI=1S/C22H37FN4O4/c1-5-17-9-10-19(26-21(17)24-3)8-6-7-12-27(14-18(23)15-31-4)13-11-20(22(29)30)25-16(2)28/h9-10,18,20H,5-8,11-15H2,1-4H3,(H,24,26)(H,25,28)(H,29,30). The number of aryl methyl sites for hydroxylation is 2. The molecular formula is C22H37FN4O4. The summed E-state index contributed by atoms with van der Waals surface area (Å²) in [6.45, 7) is 4.52. The van der Waals surface area contributed by atoms with E-state index in [1.54, 1.807) is 0 Å². The molecule has 0 aromatic carbocycles. The molecule has 1 amide bonds. The van der Waals surface area contributed by atoms with Gasteiger partial charge >= 0.3 is 5.97 Å². The third kappa shape index (κ3) is 10.5. The topological polar surface area (TPSA) is 104 Å². The molecule has 1 aromatic rings. The largest absolute Gasteiger partial charge is 0.480 e. The van der Waals surface area contributed by atoms with Crippen LogP contribution in [0, 0.1) is 0 Å². The van der Waals surface area contributed by atoms with Gasteiger partial charge in [-0.1, -0.05) is 13.0 Å². The van der Waals surface area contributed by atoms with Crippen LogP contribution in [0.3, 0.4) is 0 Å². The Bertz CT molecular complexity index is 689. The molecule has 1 aromatic heterocycles. The van der Waals surface area contributed by atoms with Crippen LogP contribution in [0.25, 0.3) is 0 Å². The van der Waals surface area contributed by atoms with Crippen LogP contribution in [0.2, 0.25) is 0 Å². The normalized spacial score (nSPS) is 13.1. The molecule has 2 unspecified atom stereocenters. The van der Waals surface area contributed by atoms with E-state index in [1.807, 2.05) is 18.0 Å². The first kappa shape index (κ1) is 26.8. The lowest BCUT2D eigenvalue weighted by atomic mass is 10.1. The maximum Gasteiger partial charge on any atom is 0.326 e. The molecule has 1 heterocycles. The lowest BCUT2D eigenvalue weighted by Gasteiger charge is -2.25. The van der Waals surface area contributed by atoms with E-state index >= 15 is 0 Å². The van der Waals surface area contributed by atoms with E-state index in [0.29, 0.717) is 13.1 Å². The van der Waals surface area contributed by atoms with Crippen LogP contribution in [-0.2, 0) is 27.2 Å². The molecule has 0 aliphatic heterocycles. The highest BCUT2D eigenvalue weighted by Gasteiger charge is 2.21. The average Bonchev–Trinajstić information content (AvgIpc) is 2.73. The third-order valence-corrected chi connectivity index (χ3v) is 5.02. The lowest BCUT2D eigenvalue weighted by molar-refractivity contribution is -0.141. The zero-order valence-corrected chi connectivity index (χ0v) is 19.1. The van der Waals surface area contributed by atoms with Crippen molar-refractivity contribution in [2.24, 2.45) is 0 Å². The van der Waals surface area contributed by atoms with Crippen LogP contribution in [0.4, 0.5) is 10.2 Å². The number of carbonyl (C=O) groups is 2. The molecule has 0 saturated carbocycles. The van der Waals surface area contributed by atoms with Gasteiger partial charge in [0.15, 0.2) is 0 Å². The molecule has 3 N–H and O–H groups in total. The molecule has 2 atom stereocenters. The fraction of sp³-hybridized carbons (Fsp3) is 0.682. The second-order valence-electron chi connectivity index (χ2n) is 7.60. The molecule has 8 nitrogen and oxygen atoms in total. The molecule has 0 radical (unpaired) electrons. The maximum absolute atomic E-state index is 14.1. The van der Waals surface area contributed by atoms with Crippen molar-refractivity contribution in [3.63, 3.8) is 0 Å². The molecule has 0 saturated heterocycles. The monoisotopic (exact) mass is 440 g/mol. The Labute approximate surface area is 184 Å². The summed E-state index contributed by atoms with van der Waals surface area (Å²) < 4.78 is 19.0. The number of carbonyl (C=O) groups excluding carboxylic acids is 1. The molecule has 0 spiro atoms. The number of carboxylic acids is 1. The van der Waals surface area contributed by atoms with Gasteiger partial charge in [-0.25, -0.2) is 14.2 Å². The minimum atomic E-state index is -1.16. The lowest BCUT2D eigenvalue weighted by Crippen LogP contribution is -2.43. The van der Waals surface area contributed by atoms with Gasteiger partial charge in [0.25, 0.3) is 0 Å². The smallest absolute Gasteiger partial charge is 0.326 e. The van der Waals surface area contributed by atoms with Crippen LogP contribution in [-0.4, -0.2) is 79.5 Å². The highest BCUT2D eigenvalue weighted by Crippen LogP contribution is 2.15. The van der Waals surface area contributed by atoms with Gasteiger partial charge < -0.3 is 25.4 Å². The Hall–Kier alpha value is -2.26. The molecule has 0 bridgehead atoms. The number of nitrogens with one attached hydrogen (secondary N) is 2. The van der Waals surface area contributed by atoms with E-state index in [1.165, 1.54) is 19.6 Å². The fourth-order valence-corrected chi connectivity index (χ4v) is 3.43. The zero-order chi connectivity index (χ0) is 23.2. The quantitative estimate of drug-likeness (QED) is 0.339. The van der Waals surface area contributed by atoms with Gasteiger partial charge in [0.1, 0.15) is 18.0 Å². The number of carboxylic acid groups (broad SMARTS) is 1. The highest BCUT2D eigenvalue weighted by atomic mass is 19.1. The van der Waals surface area contributed by atoms with Crippen LogP contribution < -0.4 is 10.6 Å². The van der Waals surface area contributed by atoms with Gasteiger partial charge in [-0.05, 0) is 50.3 Å². The number of pyridine rings is 1. The summed E-state index contributed by atoms with van der Waals surface area (Å²) in [6, 6.07) is 3.15. The molecule has 0 aliphatic carbocycles. The Morgan fingerprint density at radius 2 is 2.03 bits per heavy atom. The molecule has 176 valence electrons. The van der Waals surface area contributed by atoms with Crippen molar-refractivity contribution in [1.82, 2.24) is 15.2 Å². The number of alkyl halides is 1. The van der Waals surface area contributed by atoms with Gasteiger partial charge in [-0.3, -0.25) is 4.79 Å². The van der Waals surface area contributed by atoms with Crippen molar-refractivity contribution in [2.45, 2.75) is 58.2 Å². The number of ether oxygens (including phenoxy) is 1. The summed E-state index contributed by atoms with van der Waals surface area (Å²) in [5, 5.41) is 14.8. The first-order valence-electron chi connectivity index (χ1n) is 10.8. The summed E-state index contributed by atoms with van der Waals surface area (Å²) in [5.74, 6) is -0.589. The van der Waals surface area contributed by atoms with Crippen LogP contribution in [0.5, 0.6) is 0 Å². The van der Waals surface area contributed by atoms with E-state index in [9.17, 15) is 19.1 Å². The fourth-order valence-electron chi connectivity index (χ4n) is 3.43. The van der Waals surface area contributed by atoms with Crippen molar-refractivity contribution in [3.8, 4) is 0 Å². The average molecular weight is 441 g/mol. The minimum Gasteiger partial charge on any atom is -0.480 e. The summed E-state index contributed by atoms with van der Waals surface area (Å²) in [4.78, 5) is 29.1. The van der Waals surface area contributed by atoms with Crippen molar-refractivity contribution < 1.29 is 23.8 Å². The predicted molar refractivity (Wildman–Crippen MR) is 119 cm³/mol. The number of hydrogen-bond acceptors (Lipinski definition) is 6. The zero-order valence-electron chi connectivity index (χ0n) is 19.1. The summed E-state index contributed by atoms with van der Waals surface area (Å²) >= 11 is 0. The van der Waals surface area contributed by atoms with Crippen LogP contribution in [0.15, 0.2) is 12.1 Å². The number of methoxy groups -OCH3 is 1. The number of aliphatic carboxylic acids is 1. The molecule has 0 fully saturated rings. The number of nitrogens with zero attached hydrogens (tertiary/aromatic N) is 2. The first-order valence-corrected chi connectivity index (χ1v) is 10.8. The molecular weight excluding hydrogens is 403 g/mol. The van der Waals surface area contributed by atoms with Crippen molar-refractivity contribution in [3.05, 3.63) is 23.4 Å². The van der Waals surface area contributed by atoms with Gasteiger partial charge in [0, 0.05) is 39.9 Å². The van der Waals surface area contributed by atoms with Gasteiger partial charge in [0.05, 0.1) is 6.61 Å². The molecule has 31 heavy (non-hydrogen) atoms. The highest BCUT2D eigenvalue weighted by molar-refractivity contribution is 5.82. The number of unbranched alkanes of at least 4 members (excludes halogenated alkanes) is 1. The SMILES string of the molecule is CCc1ccc(CCCCN(CCC(NC(C)=O)C(=O)O)CC(F)COC)nc1NC. The Morgan fingerprint density at radius 3 is 2.61 bits per heavy atom. The number of halogens is 1. The van der Waals surface area contributed by atoms with Gasteiger partial charge in [-0.15, -0.1) is 0 Å². The predicted octanol–water partition coefficient (Wildman–Crippen LogP) is 2.27. The van der Waals surface area contributed by atoms with E-state index in [4.69, 9.17) is 4.74 Å². The number of aromatic nitrogens is 1. The Kier molecular flexibility index (Phi) is 12.7. The maximum atomic E-state index is 14.1. The molecule has 9 heteroatoms. The van der Waals surface area contributed by atoms with Crippen molar-refractivity contribution >= 4 is 17.7 Å². The Morgan fingerprint density at radius 1 is 1.29 bits per heavy atom. The van der Waals surface area contributed by atoms with E-state index in [0.717, 1.165) is 37.2 Å². The summed E-state index contributed by atoms with van der Waals surface area (Å²) in [7, 11) is 3.31. The summed E-state index contributed by atoms with van der Waals surface area (Å²) in [5.41, 5.74) is 2.18. The first-order chi connectivity index (χ1) is 14.8. The van der Waals surface area contributed by atoms with Crippen molar-refractivity contribution in [2.75, 3.05) is 45.7 Å². The second-order valence-corrected chi connectivity index (χ2v) is 7.60. The third-order valence-electron chi connectivity index (χ3n) is 5.02. The van der Waals surface area contributed by atoms with E-state index < -0.39 is 24.1 Å². The van der Waals surface area contributed by atoms with Crippen LogP contribution >= 0.6 is 0 Å². The van der Waals surface area contributed by atoms with Crippen LogP contribution in [0.1, 0.15) is 44.4 Å². The summed E-state index contributed by atoms with van der Waals surface area (Å²) in [6.07, 6.45) is 2.49. The number of hydrogen-bond donors (Lipinski definition) is 3. The minimum absolute atomic E-state index is 0.00888. The van der Waals surface area contributed by atoms with Gasteiger partial charge in [0.2, 0.25) is 5.91 Å². The molecule has 0 aliphatic rings. The number of amides is 1. The van der Waals surface area contributed by atoms with Gasteiger partial charge in [-0.2, -0.15) is 0 Å². The number of anilines is 1. The Balaban J connectivity index is 2.60. The van der Waals surface area contributed by atoms with E-state index in [-0.39, 0.29) is 19.6 Å². The number of rotatable bonds is 16. The second kappa shape index (κ2) is 14.7. The molecule has 1 rings (SSSR count). The van der Waals surface area contributed by atoms with E-state index in [2.05, 4.69) is 28.6 Å². The van der Waals surface area contributed by atoms with Crippen molar-refractivity contribution in [1.29, 1.82) is 0 Å².